The third-order valence-corrected chi connectivity index (χ3v) is 3.54. The SMILES string of the molecule is Cc1ncc(CCN2CC(n3cc(C(N)=O)cn3)C2)o1. The van der Waals surface area contributed by atoms with Gasteiger partial charge < -0.3 is 10.2 Å². The molecule has 0 aromatic carbocycles. The van der Waals surface area contributed by atoms with Crippen molar-refractivity contribution in [2.75, 3.05) is 19.6 Å². The lowest BCUT2D eigenvalue weighted by Crippen LogP contribution is -2.48. The number of nitrogens with zero attached hydrogens (tertiary/aromatic N) is 4. The van der Waals surface area contributed by atoms with Crippen molar-refractivity contribution in [1.29, 1.82) is 0 Å². The van der Waals surface area contributed by atoms with E-state index in [9.17, 15) is 4.79 Å². The number of hydrogen-bond acceptors (Lipinski definition) is 5. The van der Waals surface area contributed by atoms with Crippen LogP contribution in [0.4, 0.5) is 0 Å². The van der Waals surface area contributed by atoms with Crippen LogP contribution in [0.25, 0.3) is 0 Å². The molecule has 2 aromatic rings. The number of rotatable bonds is 5. The first-order valence-electron chi connectivity index (χ1n) is 6.59. The van der Waals surface area contributed by atoms with Gasteiger partial charge in [0.2, 0.25) is 0 Å². The van der Waals surface area contributed by atoms with Crippen molar-refractivity contribution in [3.63, 3.8) is 0 Å². The van der Waals surface area contributed by atoms with Gasteiger partial charge in [0.25, 0.3) is 5.91 Å². The molecule has 3 rings (SSSR count). The summed E-state index contributed by atoms with van der Waals surface area (Å²) in [5.41, 5.74) is 5.67. The van der Waals surface area contributed by atoms with Gasteiger partial charge in [-0.2, -0.15) is 5.10 Å². The predicted octanol–water partition coefficient (Wildman–Crippen LogP) is 0.378. The fourth-order valence-electron chi connectivity index (χ4n) is 2.35. The van der Waals surface area contributed by atoms with E-state index in [0.717, 1.165) is 31.8 Å². The molecule has 1 fully saturated rings. The molecule has 0 spiro atoms. The minimum absolute atomic E-state index is 0.319. The molecule has 0 aliphatic carbocycles. The second-order valence-corrected chi connectivity index (χ2v) is 5.08. The van der Waals surface area contributed by atoms with E-state index in [1.165, 1.54) is 6.20 Å². The summed E-state index contributed by atoms with van der Waals surface area (Å²) in [6.45, 7) is 4.63. The maximum atomic E-state index is 11.0. The Morgan fingerprint density at radius 3 is 2.90 bits per heavy atom. The summed E-state index contributed by atoms with van der Waals surface area (Å²) in [5.74, 6) is 1.19. The maximum Gasteiger partial charge on any atom is 0.251 e. The Hall–Kier alpha value is -2.15. The molecule has 1 aliphatic heterocycles. The van der Waals surface area contributed by atoms with E-state index >= 15 is 0 Å². The molecule has 7 heteroatoms. The molecular weight excluding hydrogens is 258 g/mol. The number of oxazole rings is 1. The highest BCUT2D eigenvalue weighted by Gasteiger charge is 2.28. The Labute approximate surface area is 116 Å². The molecule has 1 aliphatic rings. The molecule has 1 amide bonds. The van der Waals surface area contributed by atoms with Crippen LogP contribution >= 0.6 is 0 Å². The first-order chi connectivity index (χ1) is 9.61. The van der Waals surface area contributed by atoms with Crippen molar-refractivity contribution in [2.45, 2.75) is 19.4 Å². The highest BCUT2D eigenvalue weighted by molar-refractivity contribution is 5.92. The van der Waals surface area contributed by atoms with Gasteiger partial charge in [-0.15, -0.1) is 0 Å². The predicted molar refractivity (Wildman–Crippen MR) is 71.2 cm³/mol. The standard InChI is InChI=1S/C13H17N5O2/c1-9-15-5-12(20-9)2-3-17-7-11(8-17)18-6-10(4-16-18)13(14)19/h4-6,11H,2-3,7-8H2,1H3,(H2,14,19). The quantitative estimate of drug-likeness (QED) is 0.851. The minimum Gasteiger partial charge on any atom is -0.446 e. The second kappa shape index (κ2) is 5.09. The smallest absolute Gasteiger partial charge is 0.251 e. The van der Waals surface area contributed by atoms with E-state index in [0.29, 0.717) is 17.5 Å². The van der Waals surface area contributed by atoms with Crippen LogP contribution in [0.2, 0.25) is 0 Å². The monoisotopic (exact) mass is 275 g/mol. The summed E-state index contributed by atoms with van der Waals surface area (Å²) in [6.07, 6.45) is 5.87. The molecule has 7 nitrogen and oxygen atoms in total. The lowest BCUT2D eigenvalue weighted by Gasteiger charge is -2.39. The largest absolute Gasteiger partial charge is 0.446 e. The number of primary amides is 1. The van der Waals surface area contributed by atoms with Crippen LogP contribution in [0.3, 0.4) is 0 Å². The fourth-order valence-corrected chi connectivity index (χ4v) is 2.35. The van der Waals surface area contributed by atoms with Crippen LogP contribution in [0.1, 0.15) is 28.1 Å². The number of aryl methyl sites for hydroxylation is 1. The van der Waals surface area contributed by atoms with Crippen LogP contribution in [0.15, 0.2) is 23.0 Å². The number of carbonyl (C=O) groups is 1. The summed E-state index contributed by atoms with van der Waals surface area (Å²) >= 11 is 0. The average molecular weight is 275 g/mol. The first kappa shape index (κ1) is 12.9. The third kappa shape index (κ3) is 2.57. The Balaban J connectivity index is 1.47. The van der Waals surface area contributed by atoms with E-state index in [-0.39, 0.29) is 0 Å². The Morgan fingerprint density at radius 1 is 1.50 bits per heavy atom. The van der Waals surface area contributed by atoms with Crippen molar-refractivity contribution in [3.05, 3.63) is 35.8 Å². The van der Waals surface area contributed by atoms with Gasteiger partial charge in [0.15, 0.2) is 5.89 Å². The van der Waals surface area contributed by atoms with Crippen LogP contribution in [0.5, 0.6) is 0 Å². The topological polar surface area (TPSA) is 90.2 Å². The molecule has 2 aromatic heterocycles. The highest BCUT2D eigenvalue weighted by Crippen LogP contribution is 2.21. The molecule has 0 radical (unpaired) electrons. The van der Waals surface area contributed by atoms with E-state index < -0.39 is 5.91 Å². The summed E-state index contributed by atoms with van der Waals surface area (Å²) in [5, 5.41) is 4.18. The van der Waals surface area contributed by atoms with Gasteiger partial charge in [-0.3, -0.25) is 14.4 Å². The molecule has 106 valence electrons. The van der Waals surface area contributed by atoms with Crippen molar-refractivity contribution in [3.8, 4) is 0 Å². The maximum absolute atomic E-state index is 11.0. The van der Waals surface area contributed by atoms with Gasteiger partial charge in [0, 0.05) is 39.2 Å². The number of carbonyl (C=O) groups excluding carboxylic acids is 1. The van der Waals surface area contributed by atoms with Gasteiger partial charge in [-0.25, -0.2) is 4.98 Å². The molecule has 0 bridgehead atoms. The van der Waals surface area contributed by atoms with Crippen LogP contribution < -0.4 is 5.73 Å². The van der Waals surface area contributed by atoms with Gasteiger partial charge >= 0.3 is 0 Å². The van der Waals surface area contributed by atoms with Crippen molar-refractivity contribution >= 4 is 5.91 Å². The van der Waals surface area contributed by atoms with E-state index in [4.69, 9.17) is 10.2 Å². The van der Waals surface area contributed by atoms with Crippen LogP contribution in [-0.2, 0) is 6.42 Å². The number of amides is 1. The zero-order valence-electron chi connectivity index (χ0n) is 11.3. The van der Waals surface area contributed by atoms with E-state index in [1.807, 2.05) is 11.6 Å². The molecule has 0 unspecified atom stereocenters. The number of nitrogens with two attached hydrogens (primary N) is 1. The van der Waals surface area contributed by atoms with Gasteiger partial charge in [-0.05, 0) is 0 Å². The van der Waals surface area contributed by atoms with Gasteiger partial charge in [-0.1, -0.05) is 0 Å². The molecule has 3 heterocycles. The molecular formula is C13H17N5O2. The minimum atomic E-state index is -0.437. The summed E-state index contributed by atoms with van der Waals surface area (Å²) in [7, 11) is 0. The zero-order valence-corrected chi connectivity index (χ0v) is 11.3. The first-order valence-corrected chi connectivity index (χ1v) is 6.59. The lowest BCUT2D eigenvalue weighted by molar-refractivity contribution is 0.0972. The summed E-state index contributed by atoms with van der Waals surface area (Å²) in [4.78, 5) is 17.4. The third-order valence-electron chi connectivity index (χ3n) is 3.54. The Bertz CT molecular complexity index is 612. The molecule has 20 heavy (non-hydrogen) atoms. The van der Waals surface area contributed by atoms with E-state index in [1.54, 1.807) is 12.4 Å². The highest BCUT2D eigenvalue weighted by atomic mass is 16.4. The second-order valence-electron chi connectivity index (χ2n) is 5.08. The van der Waals surface area contributed by atoms with E-state index in [2.05, 4.69) is 15.0 Å². The fraction of sp³-hybridized carbons (Fsp3) is 0.462. The van der Waals surface area contributed by atoms with Crippen molar-refractivity contribution < 1.29 is 9.21 Å². The van der Waals surface area contributed by atoms with Gasteiger partial charge in [0.1, 0.15) is 5.76 Å². The molecule has 0 atom stereocenters. The van der Waals surface area contributed by atoms with Crippen molar-refractivity contribution in [2.24, 2.45) is 5.73 Å². The average Bonchev–Trinajstić information content (AvgIpc) is 2.96. The Morgan fingerprint density at radius 2 is 2.30 bits per heavy atom. The molecule has 1 saturated heterocycles. The number of aromatic nitrogens is 3. The zero-order chi connectivity index (χ0) is 14.1. The summed E-state index contributed by atoms with van der Waals surface area (Å²) in [6, 6.07) is 0.319. The number of hydrogen-bond donors (Lipinski definition) is 1. The molecule has 0 saturated carbocycles. The lowest BCUT2D eigenvalue weighted by atomic mass is 10.1. The van der Waals surface area contributed by atoms with Crippen LogP contribution in [-0.4, -0.2) is 45.2 Å². The van der Waals surface area contributed by atoms with Crippen LogP contribution in [0, 0.1) is 6.92 Å². The summed E-state index contributed by atoms with van der Waals surface area (Å²) < 4.78 is 7.25. The normalized spacial score (nSPS) is 16.2. The van der Waals surface area contributed by atoms with Crippen molar-refractivity contribution in [1.82, 2.24) is 19.7 Å². The van der Waals surface area contributed by atoms with Gasteiger partial charge in [0.05, 0.1) is 24.0 Å². The Kier molecular flexibility index (Phi) is 3.27. The number of likely N-dealkylation sites (tertiary alicyclic amines) is 1. The molecule has 2 N–H and O–H groups in total.